The summed E-state index contributed by atoms with van der Waals surface area (Å²) in [5, 5.41) is 4.86. The molecule has 1 aromatic heterocycles. The van der Waals surface area contributed by atoms with Gasteiger partial charge in [-0.2, -0.15) is 5.32 Å². The van der Waals surface area contributed by atoms with Gasteiger partial charge in [0.1, 0.15) is 5.82 Å². The standard InChI is InChI=1S/C17H10N3O2/c21-16-13-7-3-1-5-11(13)9-15(19-16)20-14-8-4-2-6-12(14)10-18-17(20)22/h1-10H. The third-order valence-corrected chi connectivity index (χ3v) is 3.60. The van der Waals surface area contributed by atoms with Crippen molar-refractivity contribution in [2.45, 2.75) is 0 Å². The molecule has 0 bridgehead atoms. The van der Waals surface area contributed by atoms with Gasteiger partial charge in [0.15, 0.2) is 0 Å². The second-order valence-corrected chi connectivity index (χ2v) is 4.94. The number of carbonyl (C=O) groups is 1. The molecular formula is C17H10N3O2. The Labute approximate surface area is 125 Å². The van der Waals surface area contributed by atoms with Crippen LogP contribution in [-0.2, 0) is 0 Å². The van der Waals surface area contributed by atoms with E-state index in [1.165, 1.54) is 10.8 Å². The Kier molecular flexibility index (Phi) is 2.66. The van der Waals surface area contributed by atoms with Crippen molar-refractivity contribution in [1.29, 1.82) is 0 Å². The van der Waals surface area contributed by atoms with Gasteiger partial charge < -0.3 is 0 Å². The number of fused-ring (bicyclic) bond motifs is 2. The Bertz CT molecular complexity index is 1000. The quantitative estimate of drug-likeness (QED) is 0.689. The molecule has 0 aliphatic carbocycles. The summed E-state index contributed by atoms with van der Waals surface area (Å²) in [5.41, 5.74) is 1.50. The van der Waals surface area contributed by atoms with Crippen molar-refractivity contribution in [2.75, 3.05) is 0 Å². The Hall–Kier alpha value is -3.21. The molecule has 0 saturated carbocycles. The van der Waals surface area contributed by atoms with E-state index in [9.17, 15) is 9.59 Å². The number of nitrogens with zero attached hydrogens (tertiary/aromatic N) is 3. The van der Waals surface area contributed by atoms with Gasteiger partial charge in [-0.1, -0.05) is 36.4 Å². The molecule has 22 heavy (non-hydrogen) atoms. The summed E-state index contributed by atoms with van der Waals surface area (Å²) >= 11 is 0. The molecule has 0 N–H and O–H groups in total. The van der Waals surface area contributed by atoms with E-state index in [2.05, 4.69) is 10.3 Å². The SMILES string of the molecule is O=C1[N]C(n2c(=O)ncc3ccccc32)=Cc2ccccc21. The molecule has 3 aromatic rings. The Morgan fingerprint density at radius 1 is 0.909 bits per heavy atom. The van der Waals surface area contributed by atoms with Crippen LogP contribution in [0.5, 0.6) is 0 Å². The number of rotatable bonds is 1. The zero-order chi connectivity index (χ0) is 15.1. The molecule has 5 nitrogen and oxygen atoms in total. The average molecular weight is 288 g/mol. The van der Waals surface area contributed by atoms with E-state index in [0.717, 1.165) is 10.9 Å². The average Bonchev–Trinajstić information content (AvgIpc) is 2.54. The molecule has 5 heteroatoms. The van der Waals surface area contributed by atoms with Crippen LogP contribution in [0.2, 0.25) is 0 Å². The van der Waals surface area contributed by atoms with E-state index in [0.29, 0.717) is 11.1 Å². The number of hydrogen-bond donors (Lipinski definition) is 0. The summed E-state index contributed by atoms with van der Waals surface area (Å²) in [6, 6.07) is 14.5. The maximum absolute atomic E-state index is 12.2. The maximum atomic E-state index is 12.2. The van der Waals surface area contributed by atoms with Crippen LogP contribution in [0.1, 0.15) is 15.9 Å². The lowest BCUT2D eigenvalue weighted by atomic mass is 10.0. The molecule has 0 saturated heterocycles. The van der Waals surface area contributed by atoms with Crippen LogP contribution in [0.25, 0.3) is 22.8 Å². The first-order valence-corrected chi connectivity index (χ1v) is 6.78. The summed E-state index contributed by atoms with van der Waals surface area (Å²) in [4.78, 5) is 28.2. The summed E-state index contributed by atoms with van der Waals surface area (Å²) < 4.78 is 1.36. The highest BCUT2D eigenvalue weighted by atomic mass is 16.2. The van der Waals surface area contributed by atoms with Crippen LogP contribution < -0.4 is 11.0 Å². The molecule has 0 spiro atoms. The van der Waals surface area contributed by atoms with Crippen LogP contribution in [0, 0.1) is 0 Å². The Balaban J connectivity index is 2.01. The molecule has 2 aromatic carbocycles. The highest BCUT2D eigenvalue weighted by molar-refractivity contribution is 6.06. The van der Waals surface area contributed by atoms with Gasteiger partial charge in [0.05, 0.1) is 5.52 Å². The van der Waals surface area contributed by atoms with Gasteiger partial charge in [0.2, 0.25) is 0 Å². The van der Waals surface area contributed by atoms with Gasteiger partial charge in [-0.25, -0.2) is 14.3 Å². The number of aromatic nitrogens is 2. The van der Waals surface area contributed by atoms with Gasteiger partial charge in [0, 0.05) is 17.1 Å². The molecular weight excluding hydrogens is 278 g/mol. The minimum Gasteiger partial charge on any atom is -0.267 e. The van der Waals surface area contributed by atoms with Gasteiger partial charge in [0.25, 0.3) is 5.91 Å². The van der Waals surface area contributed by atoms with E-state index >= 15 is 0 Å². The van der Waals surface area contributed by atoms with Crippen LogP contribution in [0.3, 0.4) is 0 Å². The maximum Gasteiger partial charge on any atom is 0.353 e. The molecule has 1 aliphatic heterocycles. The number of hydrogen-bond acceptors (Lipinski definition) is 3. The van der Waals surface area contributed by atoms with Crippen molar-refractivity contribution < 1.29 is 4.79 Å². The second-order valence-electron chi connectivity index (χ2n) is 4.94. The lowest BCUT2D eigenvalue weighted by Gasteiger charge is -2.17. The molecule has 0 fully saturated rings. The highest BCUT2D eigenvalue weighted by Crippen LogP contribution is 2.22. The van der Waals surface area contributed by atoms with Crippen molar-refractivity contribution in [3.63, 3.8) is 0 Å². The smallest absolute Gasteiger partial charge is 0.267 e. The first-order valence-electron chi connectivity index (χ1n) is 6.78. The van der Waals surface area contributed by atoms with Crippen LogP contribution >= 0.6 is 0 Å². The summed E-state index contributed by atoms with van der Waals surface area (Å²) in [5.74, 6) is -0.0639. The van der Waals surface area contributed by atoms with Gasteiger partial charge in [-0.3, -0.25) is 4.79 Å². The van der Waals surface area contributed by atoms with Crippen LogP contribution in [0.15, 0.2) is 59.5 Å². The van der Waals surface area contributed by atoms with E-state index in [4.69, 9.17) is 0 Å². The number of amides is 1. The first kappa shape index (κ1) is 12.5. The van der Waals surface area contributed by atoms with Crippen LogP contribution in [0.4, 0.5) is 0 Å². The molecule has 105 valence electrons. The summed E-state index contributed by atoms with van der Waals surface area (Å²) in [6.07, 6.45) is 3.25. The predicted molar refractivity (Wildman–Crippen MR) is 83.1 cm³/mol. The molecule has 4 rings (SSSR count). The monoisotopic (exact) mass is 288 g/mol. The van der Waals surface area contributed by atoms with Crippen LogP contribution in [-0.4, -0.2) is 15.5 Å². The summed E-state index contributed by atoms with van der Waals surface area (Å²) in [7, 11) is 0. The van der Waals surface area contributed by atoms with Gasteiger partial charge >= 0.3 is 5.69 Å². The molecule has 2 heterocycles. The van der Waals surface area contributed by atoms with Crippen molar-refractivity contribution in [1.82, 2.24) is 14.9 Å². The minimum absolute atomic E-state index is 0.290. The topological polar surface area (TPSA) is 66.1 Å². The van der Waals surface area contributed by atoms with Crippen molar-refractivity contribution in [2.24, 2.45) is 0 Å². The van der Waals surface area contributed by atoms with Gasteiger partial charge in [-0.15, -0.1) is 0 Å². The normalized spacial score (nSPS) is 13.5. The van der Waals surface area contributed by atoms with E-state index < -0.39 is 5.69 Å². The molecule has 0 atom stereocenters. The number of carbonyl (C=O) groups excluding carboxylic acids is 1. The Morgan fingerprint density at radius 2 is 1.68 bits per heavy atom. The third-order valence-electron chi connectivity index (χ3n) is 3.60. The molecule has 0 unspecified atom stereocenters. The largest absolute Gasteiger partial charge is 0.353 e. The fraction of sp³-hybridized carbons (Fsp3) is 0. The predicted octanol–water partition coefficient (Wildman–Crippen LogP) is 2.11. The first-order chi connectivity index (χ1) is 10.7. The highest BCUT2D eigenvalue weighted by Gasteiger charge is 2.22. The zero-order valence-electron chi connectivity index (χ0n) is 11.4. The number of para-hydroxylation sites is 1. The Morgan fingerprint density at radius 3 is 2.59 bits per heavy atom. The number of benzene rings is 2. The molecule has 1 aliphatic rings. The molecule has 1 amide bonds. The zero-order valence-corrected chi connectivity index (χ0v) is 11.4. The minimum atomic E-state index is -0.458. The van der Waals surface area contributed by atoms with E-state index in [-0.39, 0.29) is 11.7 Å². The fourth-order valence-corrected chi connectivity index (χ4v) is 2.58. The molecule has 1 radical (unpaired) electrons. The lowest BCUT2D eigenvalue weighted by Crippen LogP contribution is -2.30. The van der Waals surface area contributed by atoms with Crippen molar-refractivity contribution in [3.8, 4) is 0 Å². The van der Waals surface area contributed by atoms with E-state index in [1.54, 1.807) is 24.3 Å². The van der Waals surface area contributed by atoms with E-state index in [1.807, 2.05) is 30.3 Å². The fourth-order valence-electron chi connectivity index (χ4n) is 2.58. The third kappa shape index (κ3) is 1.83. The van der Waals surface area contributed by atoms with Gasteiger partial charge in [-0.05, 0) is 23.8 Å². The summed E-state index contributed by atoms with van der Waals surface area (Å²) in [6.45, 7) is 0. The lowest BCUT2D eigenvalue weighted by molar-refractivity contribution is 0.0967. The van der Waals surface area contributed by atoms with Crippen molar-refractivity contribution >= 4 is 28.7 Å². The second kappa shape index (κ2) is 4.66. The van der Waals surface area contributed by atoms with Crippen molar-refractivity contribution in [3.05, 3.63) is 76.3 Å².